The van der Waals surface area contributed by atoms with E-state index in [-0.39, 0.29) is 23.8 Å². The van der Waals surface area contributed by atoms with Gasteiger partial charge in [0.1, 0.15) is 6.61 Å². The molecule has 0 bridgehead atoms. The summed E-state index contributed by atoms with van der Waals surface area (Å²) in [5.41, 5.74) is 0.975. The van der Waals surface area contributed by atoms with Crippen molar-refractivity contribution >= 4 is 14.4 Å². The largest absolute Gasteiger partial charge is 0.445 e. The highest BCUT2D eigenvalue weighted by Gasteiger charge is 2.41. The van der Waals surface area contributed by atoms with Crippen LogP contribution in [0.4, 0.5) is 4.79 Å². The molecule has 0 aromatic heterocycles. The Labute approximate surface area is 154 Å². The molecule has 1 aromatic carbocycles. The van der Waals surface area contributed by atoms with E-state index in [0.717, 1.165) is 5.56 Å². The second kappa shape index (κ2) is 8.85. The Morgan fingerprint density at radius 1 is 1.12 bits per heavy atom. The van der Waals surface area contributed by atoms with Gasteiger partial charge in [-0.1, -0.05) is 65.0 Å². The lowest BCUT2D eigenvalue weighted by Gasteiger charge is -2.42. The molecule has 0 saturated heterocycles. The molecule has 1 aromatic rings. The fourth-order valence-corrected chi connectivity index (χ4v) is 3.88. The zero-order valence-electron chi connectivity index (χ0n) is 17.1. The average molecular weight is 366 g/mol. The SMILES string of the molecule is CC(C)[C@@H](O[Si](C)(C)C(C)(C)C)[C@H](C)NC(=O)OCc1ccccc1. The van der Waals surface area contributed by atoms with Gasteiger partial charge in [-0.25, -0.2) is 4.79 Å². The quantitative estimate of drug-likeness (QED) is 0.663. The molecule has 5 heteroatoms. The van der Waals surface area contributed by atoms with E-state index in [9.17, 15) is 4.79 Å². The van der Waals surface area contributed by atoms with Crippen LogP contribution in [0.15, 0.2) is 30.3 Å². The number of rotatable bonds is 7. The molecule has 0 fully saturated rings. The minimum absolute atomic E-state index is 0.0369. The summed E-state index contributed by atoms with van der Waals surface area (Å²) in [6, 6.07) is 9.57. The van der Waals surface area contributed by atoms with Gasteiger partial charge in [0.15, 0.2) is 8.32 Å². The molecule has 1 rings (SSSR count). The Morgan fingerprint density at radius 2 is 1.68 bits per heavy atom. The minimum Gasteiger partial charge on any atom is -0.445 e. The lowest BCUT2D eigenvalue weighted by atomic mass is 10.0. The van der Waals surface area contributed by atoms with Crippen LogP contribution in [0.25, 0.3) is 0 Å². The molecule has 1 N–H and O–H groups in total. The van der Waals surface area contributed by atoms with Crippen LogP contribution >= 0.6 is 0 Å². The first-order chi connectivity index (χ1) is 11.4. The summed E-state index contributed by atoms with van der Waals surface area (Å²) in [6.45, 7) is 17.7. The highest BCUT2D eigenvalue weighted by atomic mass is 28.4. The van der Waals surface area contributed by atoms with Gasteiger partial charge in [0.2, 0.25) is 0 Å². The molecular formula is C20H35NO3Si. The number of nitrogens with one attached hydrogen (secondary N) is 1. The van der Waals surface area contributed by atoms with Crippen molar-refractivity contribution in [2.75, 3.05) is 0 Å². The highest BCUT2D eigenvalue weighted by molar-refractivity contribution is 6.74. The molecular weight excluding hydrogens is 330 g/mol. The predicted molar refractivity (Wildman–Crippen MR) is 106 cm³/mol. The fourth-order valence-electron chi connectivity index (χ4n) is 2.37. The molecule has 0 spiro atoms. The smallest absolute Gasteiger partial charge is 0.407 e. The third-order valence-corrected chi connectivity index (χ3v) is 9.42. The maximum Gasteiger partial charge on any atom is 0.407 e. The van der Waals surface area contributed by atoms with Crippen LogP contribution in [0.2, 0.25) is 18.1 Å². The van der Waals surface area contributed by atoms with Gasteiger partial charge in [-0.05, 0) is 36.5 Å². The summed E-state index contributed by atoms with van der Waals surface area (Å²) in [7, 11) is -1.91. The van der Waals surface area contributed by atoms with E-state index in [1.807, 2.05) is 37.3 Å². The number of alkyl carbamates (subject to hydrolysis) is 1. The van der Waals surface area contributed by atoms with Crippen LogP contribution in [0.5, 0.6) is 0 Å². The zero-order chi connectivity index (χ0) is 19.3. The molecule has 4 nitrogen and oxygen atoms in total. The normalized spacial score (nSPS) is 14.9. The van der Waals surface area contributed by atoms with E-state index < -0.39 is 14.4 Å². The van der Waals surface area contributed by atoms with E-state index in [1.165, 1.54) is 0 Å². The lowest BCUT2D eigenvalue weighted by Crippen LogP contribution is -2.52. The second-order valence-electron chi connectivity index (χ2n) is 8.58. The van der Waals surface area contributed by atoms with Crippen molar-refractivity contribution in [3.63, 3.8) is 0 Å². The van der Waals surface area contributed by atoms with Gasteiger partial charge >= 0.3 is 6.09 Å². The Balaban J connectivity index is 2.64. The molecule has 0 aliphatic carbocycles. The van der Waals surface area contributed by atoms with Gasteiger partial charge in [0.25, 0.3) is 0 Å². The van der Waals surface area contributed by atoms with E-state index in [1.54, 1.807) is 0 Å². The van der Waals surface area contributed by atoms with Crippen LogP contribution in [0.3, 0.4) is 0 Å². The predicted octanol–water partition coefficient (Wildman–Crippen LogP) is 5.35. The first-order valence-corrected chi connectivity index (χ1v) is 12.0. The Kier molecular flexibility index (Phi) is 7.69. The summed E-state index contributed by atoms with van der Waals surface area (Å²) in [5.74, 6) is 0.304. The standard InChI is InChI=1S/C20H35NO3Si/c1-15(2)18(24-25(7,8)20(4,5)6)16(3)21-19(22)23-14-17-12-10-9-11-13-17/h9-13,15-16,18H,14H2,1-8H3,(H,21,22)/t16-,18+/m0/s1. The fraction of sp³-hybridized carbons (Fsp3) is 0.650. The van der Waals surface area contributed by atoms with Crippen LogP contribution < -0.4 is 5.32 Å². The molecule has 25 heavy (non-hydrogen) atoms. The summed E-state index contributed by atoms with van der Waals surface area (Å²) in [5, 5.41) is 3.07. The van der Waals surface area contributed by atoms with Crippen LogP contribution in [0, 0.1) is 5.92 Å². The summed E-state index contributed by atoms with van der Waals surface area (Å²) in [4.78, 5) is 12.1. The lowest BCUT2D eigenvalue weighted by molar-refractivity contribution is 0.0860. The highest BCUT2D eigenvalue weighted by Crippen LogP contribution is 2.38. The van der Waals surface area contributed by atoms with Crippen molar-refractivity contribution in [2.24, 2.45) is 5.92 Å². The van der Waals surface area contributed by atoms with Crippen molar-refractivity contribution in [1.29, 1.82) is 0 Å². The minimum atomic E-state index is -1.91. The number of benzene rings is 1. The van der Waals surface area contributed by atoms with Crippen molar-refractivity contribution < 1.29 is 14.0 Å². The number of carbonyl (C=O) groups excluding carboxylic acids is 1. The first kappa shape index (κ1) is 21.7. The Bertz CT molecular complexity index is 538. The maximum absolute atomic E-state index is 12.1. The molecule has 0 unspecified atom stereocenters. The third kappa shape index (κ3) is 6.82. The molecule has 1 amide bonds. The topological polar surface area (TPSA) is 47.6 Å². The van der Waals surface area contributed by atoms with E-state index >= 15 is 0 Å². The molecule has 142 valence electrons. The first-order valence-electron chi connectivity index (χ1n) is 9.09. The molecule has 0 aliphatic rings. The zero-order valence-corrected chi connectivity index (χ0v) is 18.1. The van der Waals surface area contributed by atoms with Gasteiger partial charge in [-0.3, -0.25) is 0 Å². The van der Waals surface area contributed by atoms with E-state index in [4.69, 9.17) is 9.16 Å². The van der Waals surface area contributed by atoms with E-state index in [2.05, 4.69) is 53.0 Å². The van der Waals surface area contributed by atoms with Gasteiger partial charge in [0.05, 0.1) is 12.1 Å². The van der Waals surface area contributed by atoms with Crippen molar-refractivity contribution in [3.8, 4) is 0 Å². The second-order valence-corrected chi connectivity index (χ2v) is 13.3. The number of ether oxygens (including phenoxy) is 1. The Morgan fingerprint density at radius 3 is 2.16 bits per heavy atom. The number of hydrogen-bond acceptors (Lipinski definition) is 3. The molecule has 0 radical (unpaired) electrons. The van der Waals surface area contributed by atoms with Gasteiger partial charge in [0, 0.05) is 0 Å². The molecule has 0 saturated carbocycles. The summed E-state index contributed by atoms with van der Waals surface area (Å²) in [6.07, 6.45) is -0.439. The Hall–Kier alpha value is -1.33. The summed E-state index contributed by atoms with van der Waals surface area (Å²) >= 11 is 0. The number of hydrogen-bond donors (Lipinski definition) is 1. The van der Waals surface area contributed by atoms with Crippen molar-refractivity contribution in [3.05, 3.63) is 35.9 Å². The number of amides is 1. The molecule has 0 aliphatic heterocycles. The van der Waals surface area contributed by atoms with Crippen LogP contribution in [-0.4, -0.2) is 26.6 Å². The van der Waals surface area contributed by atoms with Crippen molar-refractivity contribution in [2.45, 2.75) is 78.4 Å². The van der Waals surface area contributed by atoms with Crippen molar-refractivity contribution in [1.82, 2.24) is 5.32 Å². The van der Waals surface area contributed by atoms with Crippen LogP contribution in [0.1, 0.15) is 47.1 Å². The monoisotopic (exact) mass is 365 g/mol. The van der Waals surface area contributed by atoms with Gasteiger partial charge in [-0.15, -0.1) is 0 Å². The van der Waals surface area contributed by atoms with Crippen LogP contribution in [-0.2, 0) is 15.8 Å². The third-order valence-electron chi connectivity index (χ3n) is 4.95. The maximum atomic E-state index is 12.1. The molecule has 2 atom stereocenters. The van der Waals surface area contributed by atoms with Gasteiger partial charge in [-0.2, -0.15) is 0 Å². The van der Waals surface area contributed by atoms with E-state index in [0.29, 0.717) is 5.92 Å². The molecule has 0 heterocycles. The summed E-state index contributed by atoms with van der Waals surface area (Å²) < 4.78 is 11.9. The average Bonchev–Trinajstić information content (AvgIpc) is 2.50. The van der Waals surface area contributed by atoms with Gasteiger partial charge < -0.3 is 14.5 Å². The number of carbonyl (C=O) groups is 1.